The van der Waals surface area contributed by atoms with E-state index >= 15 is 0 Å². The number of amides is 1. The molecule has 1 rings (SSSR count). The predicted molar refractivity (Wildman–Crippen MR) is 47.5 cm³/mol. The monoisotopic (exact) mass is 179 g/mol. The Morgan fingerprint density at radius 1 is 1.54 bits per heavy atom. The minimum atomic E-state index is -0.743. The lowest BCUT2D eigenvalue weighted by Crippen LogP contribution is -2.28. The van der Waals surface area contributed by atoms with Crippen LogP contribution in [0.25, 0.3) is 5.53 Å². The van der Waals surface area contributed by atoms with Gasteiger partial charge < -0.3 is 16.1 Å². The van der Waals surface area contributed by atoms with Crippen molar-refractivity contribution in [1.29, 1.82) is 0 Å². The topological polar surface area (TPSA) is 104 Å². The van der Waals surface area contributed by atoms with Gasteiger partial charge in [0.2, 0.25) is 11.5 Å². The zero-order valence-electron chi connectivity index (χ0n) is 7.35. The van der Waals surface area contributed by atoms with Gasteiger partial charge in [-0.3, -0.25) is 4.79 Å². The van der Waals surface area contributed by atoms with Crippen molar-refractivity contribution in [2.24, 2.45) is 21.6 Å². The van der Waals surface area contributed by atoms with Gasteiger partial charge in [-0.05, 0) is 4.99 Å². The van der Waals surface area contributed by atoms with Crippen LogP contribution < -0.4 is 5.73 Å². The predicted octanol–water partition coefficient (Wildman–Crippen LogP) is -0.391. The number of primary amides is 1. The van der Waals surface area contributed by atoms with E-state index in [0.717, 1.165) is 0 Å². The highest BCUT2D eigenvalue weighted by molar-refractivity contribution is 6.68. The molecule has 6 heteroatoms. The summed E-state index contributed by atoms with van der Waals surface area (Å²) >= 11 is 0. The molecular weight excluding hydrogens is 170 g/mol. The summed E-state index contributed by atoms with van der Waals surface area (Å²) in [5, 5.41) is 0. The maximum absolute atomic E-state index is 10.8. The molecule has 1 amide bonds. The summed E-state index contributed by atoms with van der Waals surface area (Å²) < 4.78 is 0. The van der Waals surface area contributed by atoms with Crippen LogP contribution in [0.5, 0.6) is 0 Å². The Kier molecular flexibility index (Phi) is 2.34. The van der Waals surface area contributed by atoms with Gasteiger partial charge in [0.15, 0.2) is 0 Å². The number of carbonyl (C=O) groups is 1. The third-order valence-corrected chi connectivity index (χ3v) is 1.50. The zero-order chi connectivity index (χ0) is 10.0. The standard InChI is InChI=1S/C7H9N5O/c1-3(2)6-10-4(5(8)13)7(11-6)12-9/h3H,1-2H3,(H2,8,13). The molecule has 0 aromatic rings. The molecule has 0 saturated carbocycles. The number of amidine groups is 2. The van der Waals surface area contributed by atoms with E-state index in [4.69, 9.17) is 11.3 Å². The summed E-state index contributed by atoms with van der Waals surface area (Å²) in [5.74, 6) is -0.349. The molecule has 0 fully saturated rings. The van der Waals surface area contributed by atoms with Crippen molar-refractivity contribution >= 4 is 23.3 Å². The summed E-state index contributed by atoms with van der Waals surface area (Å²) in [4.78, 5) is 21.2. The Labute approximate surface area is 74.8 Å². The second-order valence-electron chi connectivity index (χ2n) is 2.87. The van der Waals surface area contributed by atoms with Crippen molar-refractivity contribution in [3.8, 4) is 0 Å². The van der Waals surface area contributed by atoms with Crippen LogP contribution in [0.1, 0.15) is 13.8 Å². The number of nitrogens with zero attached hydrogens (tertiary/aromatic N) is 4. The number of nitrogens with two attached hydrogens (primary N) is 1. The minimum absolute atomic E-state index is 0.0635. The van der Waals surface area contributed by atoms with E-state index in [1.807, 2.05) is 13.8 Å². The molecule has 0 aromatic carbocycles. The van der Waals surface area contributed by atoms with E-state index in [1.54, 1.807) is 0 Å². The average molecular weight is 179 g/mol. The van der Waals surface area contributed by atoms with E-state index in [-0.39, 0.29) is 17.5 Å². The molecule has 0 radical (unpaired) electrons. The number of aliphatic imine (C=N–C) groups is 2. The first-order chi connectivity index (χ1) is 6.06. The highest BCUT2D eigenvalue weighted by atomic mass is 16.1. The molecule has 1 heterocycles. The Balaban J connectivity index is 3.11. The Bertz CT molecular complexity index is 359. The van der Waals surface area contributed by atoms with Gasteiger partial charge in [0, 0.05) is 5.92 Å². The van der Waals surface area contributed by atoms with Gasteiger partial charge in [-0.25, -0.2) is 0 Å². The van der Waals surface area contributed by atoms with Gasteiger partial charge >= 0.3 is 5.84 Å². The van der Waals surface area contributed by atoms with Crippen LogP contribution in [0.4, 0.5) is 0 Å². The Morgan fingerprint density at radius 3 is 2.46 bits per heavy atom. The van der Waals surface area contributed by atoms with Gasteiger partial charge in [-0.15, -0.1) is 0 Å². The fourth-order valence-corrected chi connectivity index (χ4v) is 0.844. The number of hydrogen-bond acceptors (Lipinski definition) is 2. The number of hydrogen-bond donors (Lipinski definition) is 1. The van der Waals surface area contributed by atoms with Crippen LogP contribution in [-0.4, -0.2) is 28.1 Å². The molecule has 1 aliphatic rings. The highest BCUT2D eigenvalue weighted by Gasteiger charge is 2.32. The highest BCUT2D eigenvalue weighted by Crippen LogP contribution is 2.06. The first kappa shape index (κ1) is 9.28. The molecule has 0 bridgehead atoms. The summed E-state index contributed by atoms with van der Waals surface area (Å²) in [7, 11) is 0. The third kappa shape index (κ3) is 1.68. The van der Waals surface area contributed by atoms with E-state index < -0.39 is 5.91 Å². The van der Waals surface area contributed by atoms with E-state index in [1.165, 1.54) is 0 Å². The molecule has 2 N–H and O–H groups in total. The van der Waals surface area contributed by atoms with Gasteiger partial charge in [0.1, 0.15) is 0 Å². The van der Waals surface area contributed by atoms with Crippen LogP contribution in [0.3, 0.4) is 0 Å². The molecule has 0 aliphatic carbocycles. The van der Waals surface area contributed by atoms with Crippen LogP contribution in [0, 0.1) is 5.92 Å². The van der Waals surface area contributed by atoms with Crippen molar-refractivity contribution in [3.05, 3.63) is 5.53 Å². The van der Waals surface area contributed by atoms with Crippen LogP contribution in [-0.2, 0) is 4.79 Å². The molecule has 0 unspecified atom stereocenters. The lowest BCUT2D eigenvalue weighted by atomic mass is 10.2. The minimum Gasteiger partial charge on any atom is -0.497 e. The zero-order valence-corrected chi connectivity index (χ0v) is 7.35. The SMILES string of the molecule is CC(C)C1=NC(=[N+]=[N-])C(C(N)=O)=N1. The summed E-state index contributed by atoms with van der Waals surface area (Å²) in [6.07, 6.45) is 0. The van der Waals surface area contributed by atoms with Crippen molar-refractivity contribution in [2.45, 2.75) is 13.8 Å². The fourth-order valence-electron chi connectivity index (χ4n) is 0.844. The lowest BCUT2D eigenvalue weighted by Gasteiger charge is -1.91. The van der Waals surface area contributed by atoms with Gasteiger partial charge in [-0.2, -0.15) is 4.99 Å². The molecule has 0 aromatic heterocycles. The van der Waals surface area contributed by atoms with Gasteiger partial charge in [-0.1, -0.05) is 13.8 Å². The Morgan fingerprint density at radius 2 is 2.15 bits per heavy atom. The first-order valence-corrected chi connectivity index (χ1v) is 3.75. The smallest absolute Gasteiger partial charge is 0.434 e. The largest absolute Gasteiger partial charge is 0.497 e. The molecular formula is C7H9N5O. The maximum Gasteiger partial charge on any atom is 0.434 e. The van der Waals surface area contributed by atoms with E-state index in [9.17, 15) is 4.79 Å². The number of carbonyl (C=O) groups excluding carboxylic acids is 1. The summed E-state index contributed by atoms with van der Waals surface area (Å²) in [6, 6.07) is 0. The molecule has 13 heavy (non-hydrogen) atoms. The Hall–Kier alpha value is -1.81. The van der Waals surface area contributed by atoms with E-state index in [2.05, 4.69) is 14.8 Å². The van der Waals surface area contributed by atoms with Crippen molar-refractivity contribution in [2.75, 3.05) is 0 Å². The van der Waals surface area contributed by atoms with E-state index in [0.29, 0.717) is 5.84 Å². The third-order valence-electron chi connectivity index (χ3n) is 1.50. The molecule has 1 aliphatic heterocycles. The average Bonchev–Trinajstić information content (AvgIpc) is 2.47. The van der Waals surface area contributed by atoms with Gasteiger partial charge in [0.05, 0.1) is 0 Å². The second-order valence-corrected chi connectivity index (χ2v) is 2.87. The molecule has 6 nitrogen and oxygen atoms in total. The normalized spacial score (nSPS) is 15.5. The van der Waals surface area contributed by atoms with Crippen molar-refractivity contribution < 1.29 is 9.58 Å². The lowest BCUT2D eigenvalue weighted by molar-refractivity contribution is -0.111. The maximum atomic E-state index is 10.8. The summed E-state index contributed by atoms with van der Waals surface area (Å²) in [5.41, 5.74) is 13.4. The van der Waals surface area contributed by atoms with Crippen LogP contribution in [0.2, 0.25) is 0 Å². The van der Waals surface area contributed by atoms with Crippen molar-refractivity contribution in [3.63, 3.8) is 0 Å². The number of rotatable bonds is 2. The van der Waals surface area contributed by atoms with Crippen molar-refractivity contribution in [1.82, 2.24) is 0 Å². The molecule has 0 spiro atoms. The molecule has 0 saturated heterocycles. The molecule has 68 valence electrons. The van der Waals surface area contributed by atoms with Crippen LogP contribution >= 0.6 is 0 Å². The molecule has 0 atom stereocenters. The van der Waals surface area contributed by atoms with Gasteiger partial charge in [0.25, 0.3) is 5.91 Å². The summed E-state index contributed by atoms with van der Waals surface area (Å²) in [6.45, 7) is 3.72. The van der Waals surface area contributed by atoms with Crippen LogP contribution in [0.15, 0.2) is 9.98 Å². The second kappa shape index (κ2) is 3.28. The quantitative estimate of drug-likeness (QED) is 0.452. The fraction of sp³-hybridized carbons (Fsp3) is 0.429. The first-order valence-electron chi connectivity index (χ1n) is 3.75.